The molecule has 48 heavy (non-hydrogen) atoms. The molecule has 2 aliphatic heterocycles. The molecule has 3 aromatic carbocycles. The molecule has 5 rings (SSSR count). The molecule has 2 aliphatic rings. The molecule has 0 radical (unpaired) electrons. The normalized spacial score (nSPS) is 21.3. The van der Waals surface area contributed by atoms with Gasteiger partial charge in [0.1, 0.15) is 22.6 Å². The standard InChI is InChI=1S/C31H29Cl2F4N3O7S/c1-16-6-10-23(46-5)19(12-16)30(39-15-17(34)13-22(39)28(41)38(2)3)26-21(9-8-20(32)27(26)33)40(29(30)42)48(43,44)25-11-7-18(45-4)14-24(25)47-31(35,36)37/h6-12,14,17,22H,13,15H2,1-5H3/t17-,22+,30?/m1/s1. The van der Waals surface area contributed by atoms with E-state index >= 15 is 9.18 Å². The van der Waals surface area contributed by atoms with Crippen LogP contribution < -0.4 is 18.5 Å². The summed E-state index contributed by atoms with van der Waals surface area (Å²) >= 11 is 13.3. The SMILES string of the molecule is COc1ccc(S(=O)(=O)N2C(=O)C(c3cc(C)ccc3OC)(N3C[C@H](F)C[C@H]3C(=O)N(C)C)c3c2ccc(Cl)c3Cl)c(OC(F)(F)F)c1. The van der Waals surface area contributed by atoms with Crippen LogP contribution in [0.5, 0.6) is 17.2 Å². The molecule has 0 N–H and O–H groups in total. The van der Waals surface area contributed by atoms with Crippen molar-refractivity contribution in [3.63, 3.8) is 0 Å². The van der Waals surface area contributed by atoms with Crippen molar-refractivity contribution in [2.24, 2.45) is 0 Å². The van der Waals surface area contributed by atoms with Crippen LogP contribution in [0.3, 0.4) is 0 Å². The first-order chi connectivity index (χ1) is 22.4. The van der Waals surface area contributed by atoms with Gasteiger partial charge in [-0.3, -0.25) is 14.5 Å². The van der Waals surface area contributed by atoms with E-state index in [1.807, 2.05) is 0 Å². The van der Waals surface area contributed by atoms with Crippen LogP contribution in [0.4, 0.5) is 23.2 Å². The van der Waals surface area contributed by atoms with Crippen LogP contribution in [0.15, 0.2) is 53.4 Å². The molecule has 0 aromatic heterocycles. The van der Waals surface area contributed by atoms with Crippen molar-refractivity contribution in [2.45, 2.75) is 42.4 Å². The minimum atomic E-state index is -5.34. The third kappa shape index (κ3) is 5.69. The number of methoxy groups -OCH3 is 2. The van der Waals surface area contributed by atoms with E-state index in [9.17, 15) is 26.4 Å². The number of halogens is 6. The minimum absolute atomic E-state index is 0.00901. The molecule has 0 aliphatic carbocycles. The summed E-state index contributed by atoms with van der Waals surface area (Å²) < 4.78 is 100. The van der Waals surface area contributed by atoms with Crippen molar-refractivity contribution in [3.8, 4) is 17.2 Å². The van der Waals surface area contributed by atoms with Crippen molar-refractivity contribution < 1.29 is 49.8 Å². The van der Waals surface area contributed by atoms with Gasteiger partial charge >= 0.3 is 6.36 Å². The van der Waals surface area contributed by atoms with Gasteiger partial charge in [0, 0.05) is 44.3 Å². The third-order valence-electron chi connectivity index (χ3n) is 8.19. The van der Waals surface area contributed by atoms with Gasteiger partial charge in [0.2, 0.25) is 5.91 Å². The fourth-order valence-corrected chi connectivity index (χ4v) is 8.26. The second kappa shape index (κ2) is 12.6. The lowest BCUT2D eigenvalue weighted by atomic mass is 9.80. The number of likely N-dealkylation sites (tertiary alicyclic amines) is 1. The number of aryl methyl sites for hydroxylation is 1. The second-order valence-electron chi connectivity index (χ2n) is 11.3. The molecule has 10 nitrogen and oxygen atoms in total. The van der Waals surface area contributed by atoms with Crippen LogP contribution in [-0.2, 0) is 25.2 Å². The summed E-state index contributed by atoms with van der Waals surface area (Å²) in [6.45, 7) is 1.13. The number of ether oxygens (including phenoxy) is 3. The number of hydrogen-bond donors (Lipinski definition) is 0. The number of carbonyl (C=O) groups is 2. The highest BCUT2D eigenvalue weighted by Gasteiger charge is 2.65. The van der Waals surface area contributed by atoms with Crippen molar-refractivity contribution in [2.75, 3.05) is 39.2 Å². The number of alkyl halides is 4. The number of benzene rings is 3. The molecule has 0 saturated carbocycles. The van der Waals surface area contributed by atoms with Crippen LogP contribution in [-0.4, -0.2) is 83.5 Å². The van der Waals surface area contributed by atoms with E-state index in [0.29, 0.717) is 11.6 Å². The Morgan fingerprint density at radius 2 is 1.71 bits per heavy atom. The zero-order chi connectivity index (χ0) is 35.5. The van der Waals surface area contributed by atoms with E-state index < -0.39 is 68.8 Å². The lowest BCUT2D eigenvalue weighted by Gasteiger charge is -2.42. The molecule has 3 atom stereocenters. The molecule has 2 amide bonds. The molecule has 258 valence electrons. The highest BCUT2D eigenvalue weighted by molar-refractivity contribution is 7.93. The van der Waals surface area contributed by atoms with E-state index in [4.69, 9.17) is 32.7 Å². The highest BCUT2D eigenvalue weighted by Crippen LogP contribution is 2.58. The predicted octanol–water partition coefficient (Wildman–Crippen LogP) is 5.70. The summed E-state index contributed by atoms with van der Waals surface area (Å²) in [7, 11) is -0.0137. The first-order valence-electron chi connectivity index (χ1n) is 14.2. The Balaban J connectivity index is 1.91. The molecule has 1 unspecified atom stereocenters. The van der Waals surface area contributed by atoms with Gasteiger partial charge in [0.25, 0.3) is 15.9 Å². The molecule has 2 heterocycles. The lowest BCUT2D eigenvalue weighted by Crippen LogP contribution is -2.59. The average molecular weight is 735 g/mol. The first-order valence-corrected chi connectivity index (χ1v) is 16.4. The predicted molar refractivity (Wildman–Crippen MR) is 168 cm³/mol. The summed E-state index contributed by atoms with van der Waals surface area (Å²) in [6, 6.07) is 8.24. The van der Waals surface area contributed by atoms with Crippen molar-refractivity contribution in [1.82, 2.24) is 9.80 Å². The van der Waals surface area contributed by atoms with Gasteiger partial charge in [0.05, 0.1) is 36.0 Å². The van der Waals surface area contributed by atoms with Crippen LogP contribution in [0.25, 0.3) is 0 Å². The Labute approximate surface area is 283 Å². The van der Waals surface area contributed by atoms with Gasteiger partial charge in [-0.2, -0.15) is 0 Å². The molecule has 17 heteroatoms. The van der Waals surface area contributed by atoms with E-state index in [1.54, 1.807) is 13.0 Å². The smallest absolute Gasteiger partial charge is 0.497 e. The van der Waals surface area contributed by atoms with Crippen molar-refractivity contribution in [1.29, 1.82) is 0 Å². The maximum Gasteiger partial charge on any atom is 0.573 e. The molecular weight excluding hydrogens is 705 g/mol. The summed E-state index contributed by atoms with van der Waals surface area (Å²) in [6.07, 6.45) is -7.38. The molecule has 1 saturated heterocycles. The second-order valence-corrected chi connectivity index (χ2v) is 13.9. The molecule has 0 spiro atoms. The van der Waals surface area contributed by atoms with Crippen LogP contribution in [0.1, 0.15) is 23.1 Å². The third-order valence-corrected chi connectivity index (χ3v) is 10.7. The van der Waals surface area contributed by atoms with Crippen LogP contribution in [0.2, 0.25) is 10.0 Å². The number of sulfonamides is 1. The minimum Gasteiger partial charge on any atom is -0.497 e. The summed E-state index contributed by atoms with van der Waals surface area (Å²) in [5, 5.41) is -0.445. The Kier molecular flexibility index (Phi) is 9.31. The Morgan fingerprint density at radius 1 is 1.02 bits per heavy atom. The number of carbonyl (C=O) groups excluding carboxylic acids is 2. The Morgan fingerprint density at radius 3 is 2.31 bits per heavy atom. The lowest BCUT2D eigenvalue weighted by molar-refractivity contribution is -0.275. The number of rotatable bonds is 8. The van der Waals surface area contributed by atoms with Gasteiger partial charge in [-0.25, -0.2) is 17.1 Å². The highest BCUT2D eigenvalue weighted by atomic mass is 35.5. The van der Waals surface area contributed by atoms with E-state index in [1.165, 1.54) is 49.2 Å². The van der Waals surface area contributed by atoms with E-state index in [2.05, 4.69) is 4.74 Å². The molecular formula is C31H29Cl2F4N3O7S. The quantitative estimate of drug-likeness (QED) is 0.272. The Bertz CT molecular complexity index is 1910. The van der Waals surface area contributed by atoms with Crippen molar-refractivity contribution >= 4 is 50.7 Å². The summed E-state index contributed by atoms with van der Waals surface area (Å²) in [5.41, 5.74) is -2.50. The van der Waals surface area contributed by atoms with Gasteiger partial charge in [0.15, 0.2) is 11.3 Å². The maximum absolute atomic E-state index is 15.5. The maximum atomic E-state index is 15.5. The van der Waals surface area contributed by atoms with E-state index in [0.717, 1.165) is 25.3 Å². The van der Waals surface area contributed by atoms with E-state index in [-0.39, 0.29) is 43.4 Å². The number of nitrogens with zero attached hydrogens (tertiary/aromatic N) is 3. The largest absolute Gasteiger partial charge is 0.573 e. The summed E-state index contributed by atoms with van der Waals surface area (Å²) in [4.78, 5) is 30.3. The number of amides is 2. The zero-order valence-electron chi connectivity index (χ0n) is 26.1. The molecule has 1 fully saturated rings. The molecule has 0 bridgehead atoms. The summed E-state index contributed by atoms with van der Waals surface area (Å²) in [5.74, 6) is -3.23. The topological polar surface area (TPSA) is 106 Å². The van der Waals surface area contributed by atoms with Gasteiger partial charge in [-0.15, -0.1) is 13.2 Å². The van der Waals surface area contributed by atoms with Crippen molar-refractivity contribution in [3.05, 3.63) is 75.3 Å². The Hall–Kier alpha value is -3.79. The van der Waals surface area contributed by atoms with Gasteiger partial charge in [-0.1, -0.05) is 34.8 Å². The zero-order valence-corrected chi connectivity index (χ0v) is 28.4. The number of hydrogen-bond acceptors (Lipinski definition) is 8. The average Bonchev–Trinajstić information content (AvgIpc) is 3.52. The number of fused-ring (bicyclic) bond motifs is 1. The first kappa shape index (κ1) is 35.5. The monoisotopic (exact) mass is 733 g/mol. The fraction of sp³-hybridized carbons (Fsp3) is 0.355. The van der Waals surface area contributed by atoms with Crippen LogP contribution >= 0.6 is 23.2 Å². The van der Waals surface area contributed by atoms with Gasteiger partial charge in [-0.05, 0) is 43.3 Å². The van der Waals surface area contributed by atoms with Crippen LogP contribution in [0, 0.1) is 6.92 Å². The number of anilines is 1. The molecule has 3 aromatic rings. The van der Waals surface area contributed by atoms with Gasteiger partial charge < -0.3 is 19.1 Å². The fourth-order valence-electron chi connectivity index (χ4n) is 6.25. The number of likely N-dealkylation sites (N-methyl/N-ethyl adjacent to an activating group) is 1.